The summed E-state index contributed by atoms with van der Waals surface area (Å²) in [5.74, 6) is -6.05. The van der Waals surface area contributed by atoms with E-state index < -0.39 is 64.6 Å². The predicted octanol–water partition coefficient (Wildman–Crippen LogP) is 11.0. The van der Waals surface area contributed by atoms with Crippen molar-refractivity contribution in [1.29, 1.82) is 0 Å². The third kappa shape index (κ3) is 7.08. The van der Waals surface area contributed by atoms with Gasteiger partial charge in [-0.15, -0.1) is 0 Å². The van der Waals surface area contributed by atoms with Crippen molar-refractivity contribution in [2.45, 2.75) is 84.7 Å². The number of aryl methyl sites for hydroxylation is 1. The van der Waals surface area contributed by atoms with Crippen LogP contribution >= 0.6 is 0 Å². The Morgan fingerprint density at radius 3 is 1.35 bits per heavy atom. The normalized spacial score (nSPS) is 16.9. The van der Waals surface area contributed by atoms with Crippen molar-refractivity contribution in [3.8, 4) is 0 Å². The Morgan fingerprint density at radius 2 is 0.853 bits per heavy atom. The van der Waals surface area contributed by atoms with Gasteiger partial charge in [-0.05, 0) is 164 Å². The molecule has 12 nitrogen and oxygen atoms in total. The van der Waals surface area contributed by atoms with E-state index in [2.05, 4.69) is 0 Å². The highest BCUT2D eigenvalue weighted by atomic mass is 19.4. The number of fused-ring (bicyclic) bond motifs is 4. The Hall–Kier alpha value is -8.41. The van der Waals surface area contributed by atoms with Crippen LogP contribution in [0, 0.1) is 34.6 Å². The second-order valence-corrected chi connectivity index (χ2v) is 20.0. The van der Waals surface area contributed by atoms with Crippen LogP contribution in [0.4, 0.5) is 43.4 Å². The van der Waals surface area contributed by atoms with Crippen LogP contribution in [0.5, 0.6) is 0 Å². The van der Waals surface area contributed by atoms with Gasteiger partial charge in [0.25, 0.3) is 35.4 Å². The van der Waals surface area contributed by atoms with Crippen LogP contribution in [-0.4, -0.2) is 70.8 Å². The van der Waals surface area contributed by atoms with Gasteiger partial charge in [-0.3, -0.25) is 33.7 Å². The van der Waals surface area contributed by atoms with Gasteiger partial charge in [-0.1, -0.05) is 36.4 Å². The molecule has 10 rings (SSSR count). The number of amides is 6. The van der Waals surface area contributed by atoms with Crippen LogP contribution in [0.2, 0.25) is 0 Å². The van der Waals surface area contributed by atoms with E-state index in [0.29, 0.717) is 39.1 Å². The monoisotopic (exact) mass is 1030 g/mol. The molecule has 0 aliphatic carbocycles. The molecule has 0 fully saturated rings. The van der Waals surface area contributed by atoms with Crippen molar-refractivity contribution in [3.63, 3.8) is 0 Å². The average molecular weight is 1030 g/mol. The molecule has 2 unspecified atom stereocenters. The number of hydrogen-bond acceptors (Lipinski definition) is 8. The lowest BCUT2D eigenvalue weighted by Crippen LogP contribution is -2.41. The van der Waals surface area contributed by atoms with E-state index >= 15 is 26.3 Å². The Bertz CT molecular complexity index is 3650. The molecule has 4 aliphatic rings. The lowest BCUT2D eigenvalue weighted by Gasteiger charge is -2.34. The highest BCUT2D eigenvalue weighted by Crippen LogP contribution is 2.51. The Labute approximate surface area is 424 Å². The smallest absolute Gasteiger partial charge is 0.402 e. The summed E-state index contributed by atoms with van der Waals surface area (Å²) in [4.78, 5) is 97.7. The number of nitrogens with zero attached hydrogens (tertiary/aromatic N) is 4. The molecule has 4 aliphatic heterocycles. The van der Waals surface area contributed by atoms with Crippen LogP contribution in [0.25, 0.3) is 0 Å². The largest absolute Gasteiger partial charge is 0.478 e. The fourth-order valence-electron chi connectivity index (χ4n) is 11.2. The maximum atomic E-state index is 15.6. The summed E-state index contributed by atoms with van der Waals surface area (Å²) in [6.07, 6.45) is -9.90. The van der Waals surface area contributed by atoms with E-state index in [1.807, 2.05) is 4.90 Å². The second-order valence-electron chi connectivity index (χ2n) is 20.0. The van der Waals surface area contributed by atoms with Gasteiger partial charge in [-0.2, -0.15) is 26.3 Å². The Morgan fingerprint density at radius 1 is 0.467 bits per heavy atom. The third-order valence-corrected chi connectivity index (χ3v) is 15.9. The number of hydrogen-bond donors (Lipinski definition) is 1. The summed E-state index contributed by atoms with van der Waals surface area (Å²) < 4.78 is 92.8. The molecule has 0 spiro atoms. The highest BCUT2D eigenvalue weighted by Gasteiger charge is 2.56. The molecule has 18 heteroatoms. The number of anilines is 3. The molecule has 0 saturated carbocycles. The zero-order chi connectivity index (χ0) is 54.5. The molecule has 2 atom stereocenters. The van der Waals surface area contributed by atoms with Crippen LogP contribution in [0.15, 0.2) is 91.0 Å². The SMILES string of the molecule is Cc1cc(C(=O)O)cc(N2C(=O)c3ccc(C(C)(c4ccc5c(c4)CN(c4c(C)c(C)c(N6C(=O)c7ccc(C(C)(c8ccc9c(c8)C(=O)N(C)C9=O)C(F)(F)F)cc7C6=O)c(C)c4C)C5)C(F)(F)F)cc3C2=O)c1. The minimum Gasteiger partial charge on any atom is -0.478 e. The van der Waals surface area contributed by atoms with E-state index in [1.165, 1.54) is 49.5 Å². The van der Waals surface area contributed by atoms with E-state index in [9.17, 15) is 38.7 Å². The van der Waals surface area contributed by atoms with Gasteiger partial charge in [0.05, 0.1) is 50.3 Å². The molecule has 1 N–H and O–H groups in total. The van der Waals surface area contributed by atoms with Crippen LogP contribution < -0.4 is 14.7 Å². The van der Waals surface area contributed by atoms with E-state index in [0.717, 1.165) is 76.6 Å². The van der Waals surface area contributed by atoms with Gasteiger partial charge in [0, 0.05) is 25.8 Å². The molecule has 4 heterocycles. The number of carboxylic acid groups (broad SMARTS) is 1. The lowest BCUT2D eigenvalue weighted by atomic mass is 9.74. The molecule has 6 aromatic carbocycles. The predicted molar refractivity (Wildman–Crippen MR) is 263 cm³/mol. The topological polar surface area (TPSA) is 153 Å². The summed E-state index contributed by atoms with van der Waals surface area (Å²) in [6, 6.07) is 18.4. The Kier molecular flexibility index (Phi) is 11.1. The van der Waals surface area contributed by atoms with Crippen LogP contribution in [0.3, 0.4) is 0 Å². The van der Waals surface area contributed by atoms with Gasteiger partial charge < -0.3 is 10.0 Å². The van der Waals surface area contributed by atoms with E-state index in [1.54, 1.807) is 40.7 Å². The number of imide groups is 3. The zero-order valence-electron chi connectivity index (χ0n) is 41.4. The van der Waals surface area contributed by atoms with Crippen molar-refractivity contribution in [2.75, 3.05) is 21.7 Å². The van der Waals surface area contributed by atoms with Crippen molar-refractivity contribution in [3.05, 3.63) is 191 Å². The Balaban J connectivity index is 0.950. The molecular weight excluding hydrogens is 983 g/mol. The number of rotatable bonds is 8. The highest BCUT2D eigenvalue weighted by molar-refractivity contribution is 6.36. The number of carbonyl (C=O) groups is 7. The maximum absolute atomic E-state index is 15.6. The summed E-state index contributed by atoms with van der Waals surface area (Å²) in [5.41, 5.74) is -3.01. The summed E-state index contributed by atoms with van der Waals surface area (Å²) >= 11 is 0. The van der Waals surface area contributed by atoms with Gasteiger partial charge in [0.15, 0.2) is 0 Å². The molecular formula is C57H44F6N4O8. The number of halogens is 6. The van der Waals surface area contributed by atoms with Crippen molar-refractivity contribution in [2.24, 2.45) is 0 Å². The lowest BCUT2D eigenvalue weighted by molar-refractivity contribution is -0.173. The molecule has 0 saturated heterocycles. The third-order valence-electron chi connectivity index (χ3n) is 15.9. The average Bonchev–Trinajstić information content (AvgIpc) is 4.03. The molecule has 0 bridgehead atoms. The second kappa shape index (κ2) is 16.5. The fraction of sp³-hybridized carbons (Fsp3) is 0.246. The van der Waals surface area contributed by atoms with Gasteiger partial charge in [-0.25, -0.2) is 14.6 Å². The quantitative estimate of drug-likeness (QED) is 0.116. The van der Waals surface area contributed by atoms with E-state index in [-0.39, 0.29) is 85.7 Å². The maximum Gasteiger partial charge on any atom is 0.402 e. The van der Waals surface area contributed by atoms with Crippen LogP contribution in [0.1, 0.15) is 148 Å². The first-order valence-electron chi connectivity index (χ1n) is 23.5. The van der Waals surface area contributed by atoms with Crippen molar-refractivity contribution < 1.29 is 65.0 Å². The number of carbonyl (C=O) groups excluding carboxylic acids is 6. The molecule has 382 valence electrons. The number of benzene rings is 6. The molecule has 75 heavy (non-hydrogen) atoms. The molecule has 6 aromatic rings. The first-order chi connectivity index (χ1) is 35.0. The zero-order valence-corrected chi connectivity index (χ0v) is 41.4. The molecule has 0 radical (unpaired) electrons. The summed E-state index contributed by atoms with van der Waals surface area (Å²) in [5, 5.41) is 9.60. The first-order valence-corrected chi connectivity index (χ1v) is 23.5. The minimum absolute atomic E-state index is 0.0377. The molecule has 0 aromatic heterocycles. The van der Waals surface area contributed by atoms with Crippen molar-refractivity contribution >= 4 is 58.5 Å². The van der Waals surface area contributed by atoms with Gasteiger partial charge in [0.1, 0.15) is 10.8 Å². The summed E-state index contributed by atoms with van der Waals surface area (Å²) in [6.45, 7) is 10.8. The van der Waals surface area contributed by atoms with Crippen LogP contribution in [-0.2, 0) is 23.9 Å². The number of carboxylic acids is 1. The standard InChI is InChI=1S/C57H44F6N4O8/c1-26-17-32(53(74)75)20-38(18-26)66-49(70)40-15-12-36(22-43(40)51(66)72)54(6,56(58,59)60)34-10-9-31-24-65(25-33(31)19-34)45-27(2)29(4)46(30(5)28(45)3)67-50(71)41-16-13-37(23-44(41)52(67)73)55(7,57(61,62)63)35-11-14-39-42(21-35)48(69)64(8)47(39)68/h9-23H,24-25H2,1-8H3,(H,74,75). The van der Waals surface area contributed by atoms with Gasteiger partial charge in [0.2, 0.25) is 0 Å². The van der Waals surface area contributed by atoms with E-state index in [4.69, 9.17) is 0 Å². The fourth-order valence-corrected chi connectivity index (χ4v) is 11.2. The minimum atomic E-state index is -4.98. The number of alkyl halides is 6. The number of aromatic carboxylic acids is 1. The van der Waals surface area contributed by atoms with Gasteiger partial charge >= 0.3 is 18.3 Å². The first kappa shape index (κ1) is 50.1. The molecule has 6 amide bonds. The van der Waals surface area contributed by atoms with Crippen molar-refractivity contribution in [1.82, 2.24) is 4.90 Å². The summed E-state index contributed by atoms with van der Waals surface area (Å²) in [7, 11) is 1.23.